The number of carboxylic acids is 1. The molecular weight excluding hydrogens is 264 g/mol. The van der Waals surface area contributed by atoms with Crippen LogP contribution in [0, 0.1) is 6.92 Å². The molecule has 0 aromatic carbocycles. The minimum atomic E-state index is -1.23. The third kappa shape index (κ3) is 5.34. The Kier molecular flexibility index (Phi) is 5.45. The fourth-order valence-corrected chi connectivity index (χ4v) is 1.49. The molecule has 0 saturated heterocycles. The summed E-state index contributed by atoms with van der Waals surface area (Å²) in [7, 11) is 0. The lowest BCUT2D eigenvalue weighted by Gasteiger charge is -2.14. The highest BCUT2D eigenvalue weighted by Crippen LogP contribution is 2.07. The second-order valence-electron chi connectivity index (χ2n) is 4.25. The predicted octanol–water partition coefficient (Wildman–Crippen LogP) is 0.230. The molecule has 0 bridgehead atoms. The van der Waals surface area contributed by atoms with Gasteiger partial charge in [-0.05, 0) is 25.0 Å². The van der Waals surface area contributed by atoms with Gasteiger partial charge in [-0.25, -0.2) is 9.59 Å². The third-order valence-corrected chi connectivity index (χ3v) is 2.42. The first kappa shape index (κ1) is 15.4. The quantitative estimate of drug-likeness (QED) is 0.591. The van der Waals surface area contributed by atoms with Gasteiger partial charge in [-0.2, -0.15) is 0 Å². The maximum atomic E-state index is 11.7. The van der Waals surface area contributed by atoms with Crippen molar-refractivity contribution in [2.45, 2.75) is 25.8 Å². The Morgan fingerprint density at radius 3 is 2.65 bits per heavy atom. The number of nitrogens with zero attached hydrogens (tertiary/aromatic N) is 1. The zero-order valence-corrected chi connectivity index (χ0v) is 10.9. The van der Waals surface area contributed by atoms with Crippen LogP contribution in [-0.4, -0.2) is 34.0 Å². The van der Waals surface area contributed by atoms with Crippen molar-refractivity contribution in [3.05, 3.63) is 24.0 Å². The molecule has 5 N–H and O–H groups in total. The Morgan fingerprint density at radius 2 is 2.10 bits per heavy atom. The van der Waals surface area contributed by atoms with E-state index in [0.29, 0.717) is 5.69 Å². The number of carbonyl (C=O) groups excluding carboxylic acids is 2. The molecule has 1 aromatic heterocycles. The van der Waals surface area contributed by atoms with Gasteiger partial charge < -0.3 is 21.5 Å². The van der Waals surface area contributed by atoms with E-state index in [-0.39, 0.29) is 12.8 Å². The summed E-state index contributed by atoms with van der Waals surface area (Å²) in [6, 6.07) is -0.180. The Hall–Kier alpha value is -2.64. The summed E-state index contributed by atoms with van der Waals surface area (Å²) in [5, 5.41) is 13.7. The van der Waals surface area contributed by atoms with Gasteiger partial charge in [0, 0.05) is 12.6 Å². The van der Waals surface area contributed by atoms with Crippen LogP contribution in [0.5, 0.6) is 0 Å². The average Bonchev–Trinajstić information content (AvgIpc) is 2.33. The van der Waals surface area contributed by atoms with Gasteiger partial charge in [0.2, 0.25) is 5.91 Å². The van der Waals surface area contributed by atoms with Crippen molar-refractivity contribution in [2.75, 3.05) is 5.32 Å². The van der Waals surface area contributed by atoms with Crippen molar-refractivity contribution in [3.8, 4) is 0 Å². The monoisotopic (exact) mass is 280 g/mol. The van der Waals surface area contributed by atoms with Crippen LogP contribution in [0.2, 0.25) is 0 Å². The fourth-order valence-electron chi connectivity index (χ4n) is 1.49. The predicted molar refractivity (Wildman–Crippen MR) is 71.0 cm³/mol. The Labute approximate surface area is 115 Å². The van der Waals surface area contributed by atoms with Gasteiger partial charge in [0.1, 0.15) is 6.04 Å². The molecule has 0 aliphatic heterocycles. The maximum Gasteiger partial charge on any atom is 0.326 e. The van der Waals surface area contributed by atoms with E-state index in [9.17, 15) is 14.4 Å². The highest BCUT2D eigenvalue weighted by Gasteiger charge is 2.20. The molecular formula is C12H16N4O4. The smallest absolute Gasteiger partial charge is 0.326 e. The molecule has 20 heavy (non-hydrogen) atoms. The van der Waals surface area contributed by atoms with Gasteiger partial charge in [-0.3, -0.25) is 9.78 Å². The first-order chi connectivity index (χ1) is 9.38. The fraction of sp³-hybridized carbons (Fsp3) is 0.333. The van der Waals surface area contributed by atoms with Crippen LogP contribution in [0.1, 0.15) is 18.4 Å². The Bertz CT molecular complexity index is 518. The van der Waals surface area contributed by atoms with Crippen LogP contribution in [0.4, 0.5) is 10.5 Å². The lowest BCUT2D eigenvalue weighted by Crippen LogP contribution is -2.43. The van der Waals surface area contributed by atoms with E-state index in [1.807, 2.05) is 6.92 Å². The highest BCUT2D eigenvalue weighted by molar-refractivity contribution is 5.92. The average molecular weight is 280 g/mol. The second-order valence-corrected chi connectivity index (χ2v) is 4.25. The number of hydrogen-bond donors (Lipinski definition) is 4. The number of aryl methyl sites for hydroxylation is 1. The van der Waals surface area contributed by atoms with Crippen molar-refractivity contribution in [1.29, 1.82) is 0 Å². The van der Waals surface area contributed by atoms with Crippen molar-refractivity contribution in [1.82, 2.24) is 10.3 Å². The van der Waals surface area contributed by atoms with Gasteiger partial charge >= 0.3 is 12.0 Å². The van der Waals surface area contributed by atoms with Crippen LogP contribution in [-0.2, 0) is 9.59 Å². The zero-order valence-electron chi connectivity index (χ0n) is 10.9. The van der Waals surface area contributed by atoms with Crippen LogP contribution in [0.25, 0.3) is 0 Å². The van der Waals surface area contributed by atoms with Crippen LogP contribution < -0.4 is 16.4 Å². The third-order valence-electron chi connectivity index (χ3n) is 2.42. The molecule has 8 heteroatoms. The Balaban J connectivity index is 2.57. The Morgan fingerprint density at radius 1 is 1.40 bits per heavy atom. The number of carboxylic acid groups (broad SMARTS) is 1. The van der Waals surface area contributed by atoms with Gasteiger partial charge in [-0.15, -0.1) is 0 Å². The number of nitrogens with one attached hydrogen (secondary N) is 2. The minimum absolute atomic E-state index is 0.0653. The summed E-state index contributed by atoms with van der Waals surface area (Å²) in [5.41, 5.74) is 6.24. The van der Waals surface area contributed by atoms with Gasteiger partial charge in [0.15, 0.2) is 0 Å². The van der Waals surface area contributed by atoms with Crippen LogP contribution in [0.3, 0.4) is 0 Å². The number of amides is 3. The number of primary amides is 1. The summed E-state index contributed by atoms with van der Waals surface area (Å²) in [6.45, 7) is 1.81. The first-order valence-electron chi connectivity index (χ1n) is 5.88. The molecule has 0 aliphatic carbocycles. The largest absolute Gasteiger partial charge is 0.480 e. The number of carbonyl (C=O) groups is 3. The standard InChI is InChI=1S/C12H16N4O4/c1-7-4-8(6-14-5-7)15-12(20)16-9(11(18)19)2-3-10(13)17/h4-6,9H,2-3H2,1H3,(H2,13,17)(H,18,19)(H2,15,16,20)/t9-/m0/s1. The topological polar surface area (TPSA) is 134 Å². The normalized spacial score (nSPS) is 11.4. The van der Waals surface area contributed by atoms with Crippen molar-refractivity contribution in [2.24, 2.45) is 5.73 Å². The molecule has 0 unspecified atom stereocenters. The lowest BCUT2D eigenvalue weighted by molar-refractivity contribution is -0.139. The summed E-state index contributed by atoms with van der Waals surface area (Å²) in [4.78, 5) is 37.1. The van der Waals surface area contributed by atoms with E-state index < -0.39 is 23.9 Å². The molecule has 1 atom stereocenters. The number of pyridine rings is 1. The van der Waals surface area contributed by atoms with Gasteiger partial charge in [-0.1, -0.05) is 0 Å². The number of aromatic nitrogens is 1. The van der Waals surface area contributed by atoms with Crippen LogP contribution in [0.15, 0.2) is 18.5 Å². The molecule has 0 radical (unpaired) electrons. The summed E-state index contributed by atoms with van der Waals surface area (Å²) >= 11 is 0. The van der Waals surface area contributed by atoms with E-state index in [1.165, 1.54) is 6.20 Å². The van der Waals surface area contributed by atoms with E-state index in [4.69, 9.17) is 10.8 Å². The number of nitrogens with two attached hydrogens (primary N) is 1. The number of rotatable bonds is 6. The summed E-state index contributed by atoms with van der Waals surface area (Å²) in [6.07, 6.45) is 2.87. The lowest BCUT2D eigenvalue weighted by atomic mass is 10.1. The summed E-state index contributed by atoms with van der Waals surface area (Å²) in [5.74, 6) is -1.86. The highest BCUT2D eigenvalue weighted by atomic mass is 16.4. The second kappa shape index (κ2) is 7.07. The molecule has 0 saturated carbocycles. The van der Waals surface area contributed by atoms with Crippen molar-refractivity contribution >= 4 is 23.6 Å². The number of urea groups is 1. The minimum Gasteiger partial charge on any atom is -0.480 e. The summed E-state index contributed by atoms with van der Waals surface area (Å²) < 4.78 is 0. The van der Waals surface area contributed by atoms with Gasteiger partial charge in [0.25, 0.3) is 0 Å². The molecule has 0 fully saturated rings. The molecule has 3 amide bonds. The van der Waals surface area contributed by atoms with Crippen molar-refractivity contribution < 1.29 is 19.5 Å². The maximum absolute atomic E-state index is 11.7. The molecule has 1 heterocycles. The van der Waals surface area contributed by atoms with E-state index in [2.05, 4.69) is 15.6 Å². The first-order valence-corrected chi connectivity index (χ1v) is 5.88. The molecule has 1 aromatic rings. The zero-order chi connectivity index (χ0) is 15.1. The molecule has 0 spiro atoms. The van der Waals surface area contributed by atoms with Gasteiger partial charge in [0.05, 0.1) is 11.9 Å². The van der Waals surface area contributed by atoms with Crippen molar-refractivity contribution in [3.63, 3.8) is 0 Å². The van der Waals surface area contributed by atoms with Crippen LogP contribution >= 0.6 is 0 Å². The molecule has 0 aliphatic rings. The number of hydrogen-bond acceptors (Lipinski definition) is 4. The van der Waals surface area contributed by atoms with E-state index in [1.54, 1.807) is 12.3 Å². The number of aliphatic carboxylic acids is 1. The SMILES string of the molecule is Cc1cncc(NC(=O)N[C@@H](CCC(N)=O)C(=O)O)c1. The molecule has 8 nitrogen and oxygen atoms in total. The number of anilines is 1. The van der Waals surface area contributed by atoms with E-state index in [0.717, 1.165) is 5.56 Å². The van der Waals surface area contributed by atoms with E-state index >= 15 is 0 Å². The molecule has 108 valence electrons. The molecule has 1 rings (SSSR count).